The van der Waals surface area contributed by atoms with E-state index < -0.39 is 23.4 Å². The summed E-state index contributed by atoms with van der Waals surface area (Å²) in [6.07, 6.45) is 0.860. The number of oxazole rings is 1. The molecule has 1 heterocycles. The maximum Gasteiger partial charge on any atom is 0.374 e. The first-order chi connectivity index (χ1) is 7.00. The van der Waals surface area contributed by atoms with Crippen molar-refractivity contribution in [1.29, 1.82) is 0 Å². The second-order valence-corrected chi connectivity index (χ2v) is 3.66. The van der Waals surface area contributed by atoms with Crippen LogP contribution in [0.2, 0.25) is 0 Å². The lowest BCUT2D eigenvalue weighted by atomic mass is 10.3. The molecule has 1 saturated carbocycles. The number of nitrogens with zero attached hydrogens (tertiary/aromatic N) is 1. The minimum atomic E-state index is -1.40. The number of hydrogen-bond acceptors (Lipinski definition) is 4. The average Bonchev–Trinajstić information content (AvgIpc) is 2.72. The standard InChI is InChI=1S/C9H9NO5/c1-3-2-4(3)7-10-5(8(11)12)6(15-7)9(13)14/h3-4H,2H2,1H3,(H,11,12)(H,13,14). The molecule has 0 aliphatic heterocycles. The van der Waals surface area contributed by atoms with Gasteiger partial charge < -0.3 is 14.6 Å². The van der Waals surface area contributed by atoms with E-state index in [1.54, 1.807) is 0 Å². The zero-order chi connectivity index (χ0) is 11.2. The van der Waals surface area contributed by atoms with E-state index in [-0.39, 0.29) is 11.8 Å². The van der Waals surface area contributed by atoms with E-state index >= 15 is 0 Å². The smallest absolute Gasteiger partial charge is 0.374 e. The second kappa shape index (κ2) is 3.08. The van der Waals surface area contributed by atoms with Crippen molar-refractivity contribution >= 4 is 11.9 Å². The summed E-state index contributed by atoms with van der Waals surface area (Å²) in [5, 5.41) is 17.4. The monoisotopic (exact) mass is 211 g/mol. The molecule has 2 rings (SSSR count). The zero-order valence-corrected chi connectivity index (χ0v) is 7.93. The summed E-state index contributed by atoms with van der Waals surface area (Å²) in [6.45, 7) is 1.97. The molecule has 6 heteroatoms. The van der Waals surface area contributed by atoms with Crippen LogP contribution in [0, 0.1) is 5.92 Å². The number of carbonyl (C=O) groups is 2. The molecule has 1 aromatic heterocycles. The summed E-state index contributed by atoms with van der Waals surface area (Å²) < 4.78 is 4.94. The highest BCUT2D eigenvalue weighted by Crippen LogP contribution is 2.46. The van der Waals surface area contributed by atoms with E-state index in [4.69, 9.17) is 14.6 Å². The molecule has 0 saturated heterocycles. The van der Waals surface area contributed by atoms with Crippen LogP contribution in [-0.2, 0) is 0 Å². The first-order valence-corrected chi connectivity index (χ1v) is 4.48. The third kappa shape index (κ3) is 1.58. The van der Waals surface area contributed by atoms with Gasteiger partial charge in [0.05, 0.1) is 0 Å². The van der Waals surface area contributed by atoms with Gasteiger partial charge in [-0.15, -0.1) is 0 Å². The van der Waals surface area contributed by atoms with Gasteiger partial charge in [0.1, 0.15) is 0 Å². The van der Waals surface area contributed by atoms with Gasteiger partial charge in [0, 0.05) is 5.92 Å². The van der Waals surface area contributed by atoms with Gasteiger partial charge in [-0.2, -0.15) is 0 Å². The van der Waals surface area contributed by atoms with Crippen LogP contribution in [0.15, 0.2) is 4.42 Å². The Kier molecular flexibility index (Phi) is 1.99. The Morgan fingerprint density at radius 1 is 1.40 bits per heavy atom. The first kappa shape index (κ1) is 9.70. The third-order valence-corrected chi connectivity index (χ3v) is 2.47. The van der Waals surface area contributed by atoms with Gasteiger partial charge in [-0.1, -0.05) is 6.92 Å². The highest BCUT2D eigenvalue weighted by molar-refractivity contribution is 5.98. The molecule has 6 nitrogen and oxygen atoms in total. The van der Waals surface area contributed by atoms with Gasteiger partial charge in [0.25, 0.3) is 0 Å². The summed E-state index contributed by atoms with van der Waals surface area (Å²) >= 11 is 0. The van der Waals surface area contributed by atoms with Crippen molar-refractivity contribution in [2.24, 2.45) is 5.92 Å². The number of aromatic nitrogens is 1. The van der Waals surface area contributed by atoms with Crippen LogP contribution in [0.3, 0.4) is 0 Å². The number of carboxylic acid groups (broad SMARTS) is 2. The highest BCUT2D eigenvalue weighted by Gasteiger charge is 2.40. The molecule has 1 aliphatic rings. The number of rotatable bonds is 3. The van der Waals surface area contributed by atoms with Crippen LogP contribution in [0.1, 0.15) is 46.2 Å². The Morgan fingerprint density at radius 3 is 2.33 bits per heavy atom. The van der Waals surface area contributed by atoms with E-state index in [9.17, 15) is 9.59 Å². The van der Waals surface area contributed by atoms with E-state index in [1.165, 1.54) is 0 Å². The largest absolute Gasteiger partial charge is 0.476 e. The van der Waals surface area contributed by atoms with Gasteiger partial charge in [-0.05, 0) is 12.3 Å². The maximum absolute atomic E-state index is 10.7. The highest BCUT2D eigenvalue weighted by atomic mass is 16.4. The molecule has 1 aliphatic carbocycles. The number of carboxylic acids is 2. The van der Waals surface area contributed by atoms with Gasteiger partial charge in [0.2, 0.25) is 11.5 Å². The summed E-state index contributed by atoms with van der Waals surface area (Å²) in [5.41, 5.74) is -0.517. The molecule has 0 spiro atoms. The Morgan fingerprint density at radius 2 is 2.00 bits per heavy atom. The van der Waals surface area contributed by atoms with Gasteiger partial charge in [-0.3, -0.25) is 0 Å². The molecule has 2 N–H and O–H groups in total. The molecule has 15 heavy (non-hydrogen) atoms. The second-order valence-electron chi connectivity index (χ2n) is 3.66. The van der Waals surface area contributed by atoms with Gasteiger partial charge >= 0.3 is 11.9 Å². The van der Waals surface area contributed by atoms with Crippen molar-refractivity contribution in [3.05, 3.63) is 17.3 Å². The van der Waals surface area contributed by atoms with Crippen molar-refractivity contribution in [3.8, 4) is 0 Å². The fourth-order valence-electron chi connectivity index (χ4n) is 1.45. The van der Waals surface area contributed by atoms with Crippen LogP contribution < -0.4 is 0 Å². The molecule has 0 radical (unpaired) electrons. The van der Waals surface area contributed by atoms with E-state index in [0.29, 0.717) is 5.92 Å². The predicted octanol–water partition coefficient (Wildman–Crippen LogP) is 1.19. The summed E-state index contributed by atoms with van der Waals surface area (Å²) in [7, 11) is 0. The molecule has 1 aromatic rings. The fourth-order valence-corrected chi connectivity index (χ4v) is 1.45. The molecule has 0 aromatic carbocycles. The van der Waals surface area contributed by atoms with Crippen LogP contribution in [-0.4, -0.2) is 27.1 Å². The molecule has 1 fully saturated rings. The zero-order valence-electron chi connectivity index (χ0n) is 7.93. The molecule has 0 amide bonds. The van der Waals surface area contributed by atoms with Crippen LogP contribution in [0.25, 0.3) is 0 Å². The summed E-state index contributed by atoms with van der Waals surface area (Å²) in [6, 6.07) is 0. The Balaban J connectivity index is 2.40. The lowest BCUT2D eigenvalue weighted by Gasteiger charge is -1.87. The molecule has 2 atom stereocenters. The number of aromatic carboxylic acids is 2. The predicted molar refractivity (Wildman–Crippen MR) is 46.9 cm³/mol. The SMILES string of the molecule is CC1CC1c1nc(C(=O)O)c(C(=O)O)o1. The quantitative estimate of drug-likeness (QED) is 0.778. The minimum absolute atomic E-state index is 0.0659. The van der Waals surface area contributed by atoms with Crippen molar-refractivity contribution in [2.45, 2.75) is 19.3 Å². The Hall–Kier alpha value is -1.85. The normalized spacial score (nSPS) is 23.8. The van der Waals surface area contributed by atoms with Crippen LogP contribution in [0.5, 0.6) is 0 Å². The van der Waals surface area contributed by atoms with Crippen molar-refractivity contribution in [2.75, 3.05) is 0 Å². The Bertz CT molecular complexity index is 404. The van der Waals surface area contributed by atoms with Gasteiger partial charge in [-0.25, -0.2) is 14.6 Å². The fraction of sp³-hybridized carbons (Fsp3) is 0.444. The third-order valence-electron chi connectivity index (χ3n) is 2.47. The Labute approximate surface area is 84.5 Å². The first-order valence-electron chi connectivity index (χ1n) is 4.48. The van der Waals surface area contributed by atoms with Gasteiger partial charge in [0.15, 0.2) is 5.89 Å². The summed E-state index contributed by atoms with van der Waals surface area (Å²) in [5.74, 6) is -2.70. The van der Waals surface area contributed by atoms with Crippen molar-refractivity contribution in [3.63, 3.8) is 0 Å². The van der Waals surface area contributed by atoms with E-state index in [0.717, 1.165) is 6.42 Å². The lowest BCUT2D eigenvalue weighted by Crippen LogP contribution is -2.05. The lowest BCUT2D eigenvalue weighted by molar-refractivity contribution is 0.0623. The van der Waals surface area contributed by atoms with Crippen LogP contribution in [0.4, 0.5) is 0 Å². The van der Waals surface area contributed by atoms with Crippen LogP contribution >= 0.6 is 0 Å². The topological polar surface area (TPSA) is 101 Å². The van der Waals surface area contributed by atoms with E-state index in [1.807, 2.05) is 6.92 Å². The molecule has 0 bridgehead atoms. The van der Waals surface area contributed by atoms with Crippen molar-refractivity contribution in [1.82, 2.24) is 4.98 Å². The van der Waals surface area contributed by atoms with E-state index in [2.05, 4.69) is 4.98 Å². The molecular formula is C9H9NO5. The summed E-state index contributed by atoms with van der Waals surface area (Å²) in [4.78, 5) is 25.0. The maximum atomic E-state index is 10.7. The molecule has 80 valence electrons. The molecule has 2 unspecified atom stereocenters. The molecular weight excluding hydrogens is 202 g/mol. The average molecular weight is 211 g/mol. The minimum Gasteiger partial charge on any atom is -0.476 e. The number of hydrogen-bond donors (Lipinski definition) is 2. The van der Waals surface area contributed by atoms with Crippen molar-refractivity contribution < 1.29 is 24.2 Å².